The molecule has 1 fully saturated rings. The van der Waals surface area contributed by atoms with Gasteiger partial charge in [-0.05, 0) is 37.8 Å². The number of rotatable bonds is 3. The summed E-state index contributed by atoms with van der Waals surface area (Å²) >= 11 is 0. The van der Waals surface area contributed by atoms with Crippen molar-refractivity contribution in [3.63, 3.8) is 0 Å². The standard InChI is InChI=1S/C15H18O2/c1-10-4-3-5-12-8-13(17-14(10)12)15(2,16)9-11-6-7-11/h3-5,8,11,16H,6-7,9H2,1-2H3. The van der Waals surface area contributed by atoms with Crippen LogP contribution in [-0.4, -0.2) is 5.11 Å². The molecule has 2 aromatic rings. The summed E-state index contributed by atoms with van der Waals surface area (Å²) in [5.41, 5.74) is 1.20. The lowest BCUT2D eigenvalue weighted by molar-refractivity contribution is 0.0212. The third-order valence-electron chi connectivity index (χ3n) is 3.65. The molecule has 1 aromatic carbocycles. The molecule has 1 atom stereocenters. The number of fused-ring (bicyclic) bond motifs is 1. The molecule has 0 saturated heterocycles. The first-order chi connectivity index (χ1) is 8.06. The first kappa shape index (κ1) is 10.8. The molecule has 3 rings (SSSR count). The van der Waals surface area contributed by atoms with Gasteiger partial charge in [0, 0.05) is 5.39 Å². The Balaban J connectivity index is 2.01. The second-order valence-corrected chi connectivity index (χ2v) is 5.53. The van der Waals surface area contributed by atoms with Gasteiger partial charge in [0.05, 0.1) is 0 Å². The predicted molar refractivity (Wildman–Crippen MR) is 67.9 cm³/mol. The van der Waals surface area contributed by atoms with Gasteiger partial charge >= 0.3 is 0 Å². The van der Waals surface area contributed by atoms with Gasteiger partial charge in [-0.15, -0.1) is 0 Å². The number of hydrogen-bond donors (Lipinski definition) is 1. The van der Waals surface area contributed by atoms with Gasteiger partial charge in [-0.2, -0.15) is 0 Å². The third-order valence-corrected chi connectivity index (χ3v) is 3.65. The van der Waals surface area contributed by atoms with E-state index in [2.05, 4.69) is 0 Å². The van der Waals surface area contributed by atoms with Crippen LogP contribution in [0.4, 0.5) is 0 Å². The second-order valence-electron chi connectivity index (χ2n) is 5.53. The minimum atomic E-state index is -0.827. The molecule has 90 valence electrons. The highest BCUT2D eigenvalue weighted by Crippen LogP contribution is 2.41. The molecule has 2 heteroatoms. The Labute approximate surface area is 101 Å². The molecule has 0 spiro atoms. The molecular weight excluding hydrogens is 212 g/mol. The van der Waals surface area contributed by atoms with Crippen molar-refractivity contribution in [1.29, 1.82) is 0 Å². The summed E-state index contributed by atoms with van der Waals surface area (Å²) in [7, 11) is 0. The molecule has 0 amide bonds. The Kier molecular flexibility index (Phi) is 2.30. The smallest absolute Gasteiger partial charge is 0.137 e. The average Bonchev–Trinajstić information content (AvgIpc) is 2.94. The van der Waals surface area contributed by atoms with Crippen molar-refractivity contribution in [3.8, 4) is 0 Å². The fraction of sp³-hybridized carbons (Fsp3) is 0.467. The van der Waals surface area contributed by atoms with E-state index < -0.39 is 5.60 Å². The van der Waals surface area contributed by atoms with Crippen molar-refractivity contribution < 1.29 is 9.52 Å². The van der Waals surface area contributed by atoms with Crippen molar-refractivity contribution in [2.45, 2.75) is 38.7 Å². The van der Waals surface area contributed by atoms with Crippen LogP contribution < -0.4 is 0 Å². The quantitative estimate of drug-likeness (QED) is 0.871. The van der Waals surface area contributed by atoms with Crippen molar-refractivity contribution in [1.82, 2.24) is 0 Å². The molecule has 0 radical (unpaired) electrons. The summed E-state index contributed by atoms with van der Waals surface area (Å²) in [6, 6.07) is 8.06. The lowest BCUT2D eigenvalue weighted by Crippen LogP contribution is -2.20. The maximum atomic E-state index is 10.5. The van der Waals surface area contributed by atoms with Crippen molar-refractivity contribution in [2.24, 2.45) is 5.92 Å². The van der Waals surface area contributed by atoms with Crippen LogP contribution in [0.1, 0.15) is 37.5 Å². The molecule has 1 aliphatic carbocycles. The van der Waals surface area contributed by atoms with E-state index in [-0.39, 0.29) is 0 Å². The minimum Gasteiger partial charge on any atom is -0.458 e. The molecule has 1 aliphatic rings. The van der Waals surface area contributed by atoms with Gasteiger partial charge in [0.25, 0.3) is 0 Å². The number of aliphatic hydroxyl groups is 1. The Morgan fingerprint density at radius 2 is 2.18 bits per heavy atom. The molecule has 1 unspecified atom stereocenters. The second kappa shape index (κ2) is 3.61. The lowest BCUT2D eigenvalue weighted by atomic mass is 9.96. The Morgan fingerprint density at radius 3 is 2.82 bits per heavy atom. The molecular formula is C15H18O2. The SMILES string of the molecule is Cc1cccc2cc(C(C)(O)CC3CC3)oc12. The van der Waals surface area contributed by atoms with Crippen LogP contribution in [-0.2, 0) is 5.60 Å². The molecule has 1 N–H and O–H groups in total. The maximum Gasteiger partial charge on any atom is 0.137 e. The largest absolute Gasteiger partial charge is 0.458 e. The number of furan rings is 1. The van der Waals surface area contributed by atoms with Crippen molar-refractivity contribution in [3.05, 3.63) is 35.6 Å². The molecule has 1 saturated carbocycles. The first-order valence-electron chi connectivity index (χ1n) is 6.28. The van der Waals surface area contributed by atoms with E-state index in [0.29, 0.717) is 11.7 Å². The van der Waals surface area contributed by atoms with Crippen LogP contribution >= 0.6 is 0 Å². The highest BCUT2D eigenvalue weighted by molar-refractivity contribution is 5.81. The van der Waals surface area contributed by atoms with E-state index in [1.807, 2.05) is 38.1 Å². The van der Waals surface area contributed by atoms with Gasteiger partial charge < -0.3 is 9.52 Å². The van der Waals surface area contributed by atoms with E-state index in [1.54, 1.807) is 0 Å². The number of aryl methyl sites for hydroxylation is 1. The summed E-state index contributed by atoms with van der Waals surface area (Å²) in [5, 5.41) is 11.6. The summed E-state index contributed by atoms with van der Waals surface area (Å²) in [6.07, 6.45) is 3.30. The molecule has 0 aliphatic heterocycles. The summed E-state index contributed by atoms with van der Waals surface area (Å²) < 4.78 is 5.84. The van der Waals surface area contributed by atoms with E-state index in [4.69, 9.17) is 4.42 Å². The van der Waals surface area contributed by atoms with Crippen LogP contribution in [0.3, 0.4) is 0 Å². The normalized spacial score (nSPS) is 19.5. The van der Waals surface area contributed by atoms with Crippen LogP contribution in [0.25, 0.3) is 11.0 Å². The Hall–Kier alpha value is -1.28. The maximum absolute atomic E-state index is 10.5. The number of hydrogen-bond acceptors (Lipinski definition) is 2. The first-order valence-corrected chi connectivity index (χ1v) is 6.28. The fourth-order valence-electron chi connectivity index (χ4n) is 2.46. The van der Waals surface area contributed by atoms with Crippen LogP contribution in [0.15, 0.2) is 28.7 Å². The van der Waals surface area contributed by atoms with Crippen molar-refractivity contribution in [2.75, 3.05) is 0 Å². The third kappa shape index (κ3) is 1.98. The highest BCUT2D eigenvalue weighted by atomic mass is 16.4. The zero-order valence-electron chi connectivity index (χ0n) is 10.4. The van der Waals surface area contributed by atoms with Gasteiger partial charge in [0.2, 0.25) is 0 Å². The molecule has 1 heterocycles. The highest BCUT2D eigenvalue weighted by Gasteiger charge is 2.35. The lowest BCUT2D eigenvalue weighted by Gasteiger charge is -2.20. The van der Waals surface area contributed by atoms with Crippen LogP contribution in [0, 0.1) is 12.8 Å². The zero-order chi connectivity index (χ0) is 12.0. The minimum absolute atomic E-state index is 0.680. The number of para-hydroxylation sites is 1. The van der Waals surface area contributed by atoms with E-state index in [9.17, 15) is 5.11 Å². The van der Waals surface area contributed by atoms with Gasteiger partial charge in [0.15, 0.2) is 0 Å². The summed E-state index contributed by atoms with van der Waals surface area (Å²) in [6.45, 7) is 3.89. The van der Waals surface area contributed by atoms with Crippen molar-refractivity contribution >= 4 is 11.0 Å². The van der Waals surface area contributed by atoms with Crippen LogP contribution in [0.5, 0.6) is 0 Å². The Bertz CT molecular complexity index is 547. The monoisotopic (exact) mass is 230 g/mol. The Morgan fingerprint density at radius 1 is 1.41 bits per heavy atom. The van der Waals surface area contributed by atoms with E-state index >= 15 is 0 Å². The van der Waals surface area contributed by atoms with Gasteiger partial charge in [-0.1, -0.05) is 31.0 Å². The van der Waals surface area contributed by atoms with Gasteiger partial charge in [0.1, 0.15) is 16.9 Å². The molecule has 0 bridgehead atoms. The van der Waals surface area contributed by atoms with Gasteiger partial charge in [-0.3, -0.25) is 0 Å². The van der Waals surface area contributed by atoms with E-state index in [0.717, 1.165) is 23.0 Å². The molecule has 1 aromatic heterocycles. The predicted octanol–water partition coefficient (Wildman–Crippen LogP) is 3.75. The fourth-order valence-corrected chi connectivity index (χ4v) is 2.46. The number of benzene rings is 1. The molecule has 17 heavy (non-hydrogen) atoms. The average molecular weight is 230 g/mol. The van der Waals surface area contributed by atoms with Crippen LogP contribution in [0.2, 0.25) is 0 Å². The zero-order valence-corrected chi connectivity index (χ0v) is 10.4. The summed E-state index contributed by atoms with van der Waals surface area (Å²) in [5.74, 6) is 1.38. The topological polar surface area (TPSA) is 33.4 Å². The molecule has 2 nitrogen and oxygen atoms in total. The van der Waals surface area contributed by atoms with Gasteiger partial charge in [-0.25, -0.2) is 0 Å². The summed E-state index contributed by atoms with van der Waals surface area (Å²) in [4.78, 5) is 0. The van der Waals surface area contributed by atoms with E-state index in [1.165, 1.54) is 12.8 Å².